The van der Waals surface area contributed by atoms with Gasteiger partial charge >= 0.3 is 5.97 Å². The summed E-state index contributed by atoms with van der Waals surface area (Å²) in [5.74, 6) is -0.455. The topological polar surface area (TPSA) is 106 Å². The Bertz CT molecular complexity index is 1040. The smallest absolute Gasteiger partial charge is 0.337 e. The highest BCUT2D eigenvalue weighted by molar-refractivity contribution is 5.94. The predicted molar refractivity (Wildman–Crippen MR) is 140 cm³/mol. The molecule has 37 heavy (non-hydrogen) atoms. The van der Waals surface area contributed by atoms with Gasteiger partial charge in [-0.15, -0.1) is 0 Å². The third-order valence-corrected chi connectivity index (χ3v) is 5.53. The van der Waals surface area contributed by atoms with Gasteiger partial charge in [0.15, 0.2) is 6.10 Å². The van der Waals surface area contributed by atoms with Crippen LogP contribution >= 0.6 is 0 Å². The number of hydrogen-bond acceptors (Lipinski definition) is 8. The Morgan fingerprint density at radius 3 is 2.30 bits per heavy atom. The summed E-state index contributed by atoms with van der Waals surface area (Å²) in [6.45, 7) is 11.7. The van der Waals surface area contributed by atoms with Gasteiger partial charge in [0.05, 0.1) is 24.7 Å². The van der Waals surface area contributed by atoms with Crippen molar-refractivity contribution in [3.8, 4) is 0 Å². The third kappa shape index (κ3) is 8.96. The minimum atomic E-state index is -1.10. The Morgan fingerprint density at radius 2 is 1.73 bits per heavy atom. The number of alkyl halides is 1. The number of carbonyl (C=O) groups excluding carboxylic acids is 2. The van der Waals surface area contributed by atoms with Crippen LogP contribution in [0.15, 0.2) is 42.7 Å². The first kappa shape index (κ1) is 28.3. The molecule has 1 aliphatic heterocycles. The number of aromatic nitrogens is 2. The zero-order valence-electron chi connectivity index (χ0n) is 22.5. The number of ether oxygens (including phenoxy) is 2. The van der Waals surface area contributed by atoms with E-state index in [1.807, 2.05) is 25.7 Å². The minimum Gasteiger partial charge on any atom is -0.458 e. The van der Waals surface area contributed by atoms with Gasteiger partial charge in [0.1, 0.15) is 11.8 Å². The second kappa shape index (κ2) is 11.9. The van der Waals surface area contributed by atoms with E-state index >= 15 is 0 Å². The quantitative estimate of drug-likeness (QED) is 0.512. The van der Waals surface area contributed by atoms with Crippen molar-refractivity contribution in [3.63, 3.8) is 0 Å². The molecule has 0 radical (unpaired) electrons. The second-order valence-corrected chi connectivity index (χ2v) is 11.1. The van der Waals surface area contributed by atoms with Crippen molar-refractivity contribution in [2.24, 2.45) is 0 Å². The Kier molecular flexibility index (Phi) is 9.07. The van der Waals surface area contributed by atoms with E-state index < -0.39 is 29.4 Å². The van der Waals surface area contributed by atoms with Gasteiger partial charge in [-0.3, -0.25) is 4.79 Å². The molecule has 1 fully saturated rings. The van der Waals surface area contributed by atoms with Gasteiger partial charge in [-0.05, 0) is 78.3 Å². The van der Waals surface area contributed by atoms with Crippen molar-refractivity contribution >= 4 is 23.5 Å². The van der Waals surface area contributed by atoms with Crippen LogP contribution in [0.3, 0.4) is 0 Å². The SMILES string of the molecule is CC(C)(C)OC(=O)C(CNC(=O)c1ccc(N2CCC(Nc3ncccn3)C(F)C2)cc1)OC(C)(C)C. The summed E-state index contributed by atoms with van der Waals surface area (Å²) >= 11 is 0. The molecule has 1 aromatic heterocycles. The van der Waals surface area contributed by atoms with E-state index in [9.17, 15) is 14.0 Å². The number of hydrogen-bond donors (Lipinski definition) is 2. The van der Waals surface area contributed by atoms with E-state index in [2.05, 4.69) is 20.6 Å². The number of benzene rings is 1. The van der Waals surface area contributed by atoms with E-state index in [0.29, 0.717) is 24.5 Å². The number of rotatable bonds is 8. The van der Waals surface area contributed by atoms with Crippen molar-refractivity contribution in [2.75, 3.05) is 29.9 Å². The average Bonchev–Trinajstić information content (AvgIpc) is 2.82. The number of anilines is 2. The Balaban J connectivity index is 1.56. The lowest BCUT2D eigenvalue weighted by molar-refractivity contribution is -0.176. The highest BCUT2D eigenvalue weighted by Crippen LogP contribution is 2.24. The molecule has 0 saturated carbocycles. The minimum absolute atomic E-state index is 0.0259. The largest absolute Gasteiger partial charge is 0.458 e. The average molecular weight is 516 g/mol. The summed E-state index contributed by atoms with van der Waals surface area (Å²) < 4.78 is 26.2. The van der Waals surface area contributed by atoms with E-state index in [-0.39, 0.29) is 25.0 Å². The van der Waals surface area contributed by atoms with Crippen LogP contribution in [-0.2, 0) is 14.3 Å². The van der Waals surface area contributed by atoms with Gasteiger partial charge in [0.25, 0.3) is 5.91 Å². The monoisotopic (exact) mass is 515 g/mol. The van der Waals surface area contributed by atoms with Gasteiger partial charge in [0.2, 0.25) is 5.95 Å². The van der Waals surface area contributed by atoms with Crippen LogP contribution < -0.4 is 15.5 Å². The summed E-state index contributed by atoms with van der Waals surface area (Å²) in [6, 6.07) is 8.32. The van der Waals surface area contributed by atoms with Gasteiger partial charge in [0, 0.05) is 30.2 Å². The highest BCUT2D eigenvalue weighted by Gasteiger charge is 2.31. The van der Waals surface area contributed by atoms with E-state index in [0.717, 1.165) is 5.69 Å². The molecule has 2 aromatic rings. The normalized spacial score (nSPS) is 19.2. The second-order valence-electron chi connectivity index (χ2n) is 11.1. The zero-order valence-corrected chi connectivity index (χ0v) is 22.5. The van der Waals surface area contributed by atoms with Crippen molar-refractivity contribution in [1.29, 1.82) is 0 Å². The van der Waals surface area contributed by atoms with Crippen LogP contribution in [-0.4, -0.2) is 71.0 Å². The van der Waals surface area contributed by atoms with Crippen LogP contribution in [0.4, 0.5) is 16.0 Å². The van der Waals surface area contributed by atoms with Gasteiger partial charge in [-0.2, -0.15) is 0 Å². The molecule has 202 valence electrons. The Morgan fingerprint density at radius 1 is 1.08 bits per heavy atom. The zero-order chi connectivity index (χ0) is 27.2. The number of piperidine rings is 1. The van der Waals surface area contributed by atoms with Crippen LogP contribution in [0.1, 0.15) is 58.3 Å². The molecule has 1 amide bonds. The maximum Gasteiger partial charge on any atom is 0.337 e. The van der Waals surface area contributed by atoms with Gasteiger partial charge in [-0.1, -0.05) is 0 Å². The first-order chi connectivity index (χ1) is 17.3. The lowest BCUT2D eigenvalue weighted by atomic mass is 10.0. The summed E-state index contributed by atoms with van der Waals surface area (Å²) in [6.07, 6.45) is 1.77. The molecule has 3 atom stereocenters. The van der Waals surface area contributed by atoms with E-state index in [1.54, 1.807) is 63.5 Å². The number of esters is 1. The number of amides is 1. The molecule has 3 rings (SSSR count). The van der Waals surface area contributed by atoms with Crippen LogP contribution in [0.25, 0.3) is 0 Å². The maximum absolute atomic E-state index is 14.9. The van der Waals surface area contributed by atoms with Crippen molar-refractivity contribution in [2.45, 2.75) is 77.5 Å². The first-order valence-electron chi connectivity index (χ1n) is 12.5. The molecular formula is C27H38FN5O4. The van der Waals surface area contributed by atoms with Crippen LogP contribution in [0.5, 0.6) is 0 Å². The summed E-state index contributed by atoms with van der Waals surface area (Å²) in [5, 5.41) is 5.83. The molecule has 0 spiro atoms. The number of nitrogens with zero attached hydrogens (tertiary/aromatic N) is 3. The standard InChI is InChI=1S/C27H38FN5O4/c1-26(2,3)36-22(24(35)37-27(4,5)6)16-31-23(34)18-8-10-19(11-9-18)33-15-12-21(20(28)17-33)32-25-29-13-7-14-30-25/h7-11,13-14,20-22H,12,15-17H2,1-6H3,(H,31,34)(H,29,30,32). The number of nitrogens with one attached hydrogen (secondary N) is 2. The fraction of sp³-hybridized carbons (Fsp3) is 0.556. The highest BCUT2D eigenvalue weighted by atomic mass is 19.1. The van der Waals surface area contributed by atoms with Crippen molar-refractivity contribution in [3.05, 3.63) is 48.3 Å². The number of carbonyl (C=O) groups is 2. The molecule has 0 bridgehead atoms. The summed E-state index contributed by atoms with van der Waals surface area (Å²) in [7, 11) is 0. The molecule has 1 aliphatic rings. The van der Waals surface area contributed by atoms with Crippen molar-refractivity contribution < 1.29 is 23.5 Å². The lowest BCUT2D eigenvalue weighted by Crippen LogP contribution is -2.48. The third-order valence-electron chi connectivity index (χ3n) is 5.53. The first-order valence-corrected chi connectivity index (χ1v) is 12.5. The van der Waals surface area contributed by atoms with Crippen LogP contribution in [0.2, 0.25) is 0 Å². The molecule has 9 nitrogen and oxygen atoms in total. The lowest BCUT2D eigenvalue weighted by Gasteiger charge is -2.36. The predicted octanol–water partition coefficient (Wildman–Crippen LogP) is 3.76. The maximum atomic E-state index is 14.9. The molecule has 2 N–H and O–H groups in total. The van der Waals surface area contributed by atoms with Crippen molar-refractivity contribution in [1.82, 2.24) is 15.3 Å². The molecular weight excluding hydrogens is 477 g/mol. The van der Waals surface area contributed by atoms with Gasteiger partial charge in [-0.25, -0.2) is 19.2 Å². The fourth-order valence-corrected chi connectivity index (χ4v) is 3.92. The van der Waals surface area contributed by atoms with Crippen LogP contribution in [0, 0.1) is 0 Å². The fourth-order valence-electron chi connectivity index (χ4n) is 3.92. The molecule has 0 aliphatic carbocycles. The number of halogens is 1. The summed E-state index contributed by atoms with van der Waals surface area (Å²) in [5.41, 5.74) is -0.0119. The molecule has 2 heterocycles. The molecule has 1 aromatic carbocycles. The molecule has 3 unspecified atom stereocenters. The van der Waals surface area contributed by atoms with E-state index in [1.165, 1.54) is 0 Å². The van der Waals surface area contributed by atoms with Gasteiger partial charge < -0.3 is 25.0 Å². The Hall–Kier alpha value is -3.27. The molecule has 10 heteroatoms. The Labute approximate surface area is 218 Å². The summed E-state index contributed by atoms with van der Waals surface area (Å²) in [4.78, 5) is 35.5. The molecule has 1 saturated heterocycles. The van der Waals surface area contributed by atoms with E-state index in [4.69, 9.17) is 9.47 Å².